The summed E-state index contributed by atoms with van der Waals surface area (Å²) in [6, 6.07) is 3.54. The van der Waals surface area contributed by atoms with Crippen LogP contribution in [0.1, 0.15) is 12.5 Å². The zero-order chi connectivity index (χ0) is 11.3. The molecule has 0 saturated heterocycles. The molecule has 0 bridgehead atoms. The summed E-state index contributed by atoms with van der Waals surface area (Å²) in [5.41, 5.74) is 6.09. The van der Waals surface area contributed by atoms with Crippen molar-refractivity contribution in [1.82, 2.24) is 4.98 Å². The molecule has 1 heterocycles. The number of pyridine rings is 1. The summed E-state index contributed by atoms with van der Waals surface area (Å²) in [5.74, 6) is 1.02. The largest absolute Gasteiger partial charge is 0.396 e. The summed E-state index contributed by atoms with van der Waals surface area (Å²) < 4.78 is 0. The lowest BCUT2D eigenvalue weighted by Crippen LogP contribution is -2.13. The van der Waals surface area contributed by atoms with Gasteiger partial charge >= 0.3 is 0 Å². The number of hydrogen-bond donors (Lipinski definition) is 3. The summed E-state index contributed by atoms with van der Waals surface area (Å²) in [6.07, 6.45) is 1.68. The number of nitrogens with two attached hydrogens (primary N) is 1. The zero-order valence-electron chi connectivity index (χ0n) is 8.60. The van der Waals surface area contributed by atoms with Crippen LogP contribution in [-0.4, -0.2) is 28.3 Å². The van der Waals surface area contributed by atoms with E-state index in [1.165, 1.54) is 11.8 Å². The minimum Gasteiger partial charge on any atom is -0.396 e. The fraction of sp³-hybridized carbons (Fsp3) is 0.400. The Morgan fingerprint density at radius 1 is 1.73 bits per heavy atom. The first kappa shape index (κ1) is 12.0. The molecule has 0 aliphatic heterocycles. The Bertz CT molecular complexity index is 343. The Balaban J connectivity index is 2.72. The Morgan fingerprint density at radius 2 is 2.47 bits per heavy atom. The van der Waals surface area contributed by atoms with E-state index in [2.05, 4.69) is 4.98 Å². The molecule has 0 spiro atoms. The molecule has 1 aromatic rings. The number of rotatable bonds is 5. The first-order valence-electron chi connectivity index (χ1n) is 4.68. The molecular weight excluding hydrogens is 210 g/mol. The van der Waals surface area contributed by atoms with Gasteiger partial charge in [-0.3, -0.25) is 5.41 Å². The Labute approximate surface area is 93.4 Å². The number of nitrogens with one attached hydrogen (secondary N) is 1. The number of aromatic nitrogens is 1. The molecule has 0 saturated carbocycles. The SMILES string of the molecule is CC(CO)CSc1ncccc1C(=N)N. The molecule has 15 heavy (non-hydrogen) atoms. The van der Waals surface area contributed by atoms with Gasteiger partial charge in [0.15, 0.2) is 0 Å². The van der Waals surface area contributed by atoms with Gasteiger partial charge in [-0.25, -0.2) is 4.98 Å². The number of aliphatic hydroxyl groups excluding tert-OH is 1. The van der Waals surface area contributed by atoms with Crippen molar-refractivity contribution in [3.8, 4) is 0 Å². The number of nitrogen functional groups attached to an aromatic ring is 1. The van der Waals surface area contributed by atoms with Crippen molar-refractivity contribution in [3.05, 3.63) is 23.9 Å². The van der Waals surface area contributed by atoms with Crippen molar-refractivity contribution < 1.29 is 5.11 Å². The quantitative estimate of drug-likeness (QED) is 0.398. The van der Waals surface area contributed by atoms with Crippen molar-refractivity contribution in [1.29, 1.82) is 5.41 Å². The maximum Gasteiger partial charge on any atom is 0.125 e. The number of thioether (sulfide) groups is 1. The first-order chi connectivity index (χ1) is 7.15. The van der Waals surface area contributed by atoms with E-state index in [9.17, 15) is 0 Å². The van der Waals surface area contributed by atoms with Crippen LogP contribution in [0.3, 0.4) is 0 Å². The van der Waals surface area contributed by atoms with Crippen LogP contribution in [0.5, 0.6) is 0 Å². The number of aliphatic hydroxyl groups is 1. The van der Waals surface area contributed by atoms with Crippen molar-refractivity contribution in [2.75, 3.05) is 12.4 Å². The molecule has 4 N–H and O–H groups in total. The fourth-order valence-corrected chi connectivity index (χ4v) is 2.00. The second-order valence-corrected chi connectivity index (χ2v) is 4.38. The Kier molecular flexibility index (Phi) is 4.58. The molecule has 82 valence electrons. The standard InChI is InChI=1S/C10H15N3OS/c1-7(5-14)6-15-10-8(9(11)12)3-2-4-13-10/h2-4,7,14H,5-6H2,1H3,(H3,11,12). The van der Waals surface area contributed by atoms with Crippen LogP contribution in [0.4, 0.5) is 0 Å². The maximum atomic E-state index is 8.89. The lowest BCUT2D eigenvalue weighted by molar-refractivity contribution is 0.250. The molecule has 1 unspecified atom stereocenters. The van der Waals surface area contributed by atoms with Crippen molar-refractivity contribution in [3.63, 3.8) is 0 Å². The van der Waals surface area contributed by atoms with Gasteiger partial charge in [0.05, 0.1) is 0 Å². The van der Waals surface area contributed by atoms with E-state index in [4.69, 9.17) is 16.2 Å². The first-order valence-corrected chi connectivity index (χ1v) is 5.66. The molecule has 1 rings (SSSR count). The van der Waals surface area contributed by atoms with Crippen LogP contribution >= 0.6 is 11.8 Å². The van der Waals surface area contributed by atoms with Gasteiger partial charge in [-0.05, 0) is 18.1 Å². The van der Waals surface area contributed by atoms with Gasteiger partial charge in [0.2, 0.25) is 0 Å². The molecule has 0 amide bonds. The molecule has 0 aliphatic rings. The van der Waals surface area contributed by atoms with E-state index in [1.54, 1.807) is 18.3 Å². The highest BCUT2D eigenvalue weighted by atomic mass is 32.2. The highest BCUT2D eigenvalue weighted by Crippen LogP contribution is 2.21. The van der Waals surface area contributed by atoms with Crippen LogP contribution in [-0.2, 0) is 0 Å². The predicted molar refractivity (Wildman–Crippen MR) is 62.2 cm³/mol. The molecule has 0 fully saturated rings. The summed E-state index contributed by atoms with van der Waals surface area (Å²) in [6.45, 7) is 2.12. The summed E-state index contributed by atoms with van der Waals surface area (Å²) in [5, 5.41) is 17.0. The van der Waals surface area contributed by atoms with Crippen molar-refractivity contribution in [2.24, 2.45) is 11.7 Å². The molecule has 0 radical (unpaired) electrons. The molecular formula is C10H15N3OS. The predicted octanol–water partition coefficient (Wildman–Crippen LogP) is 1.09. The maximum absolute atomic E-state index is 8.89. The summed E-state index contributed by atoms with van der Waals surface area (Å²) >= 11 is 1.52. The van der Waals surface area contributed by atoms with Crippen LogP contribution in [0, 0.1) is 11.3 Å². The molecule has 0 aliphatic carbocycles. The van der Waals surface area contributed by atoms with E-state index >= 15 is 0 Å². The highest BCUT2D eigenvalue weighted by Gasteiger charge is 2.08. The van der Waals surface area contributed by atoms with E-state index in [-0.39, 0.29) is 18.4 Å². The van der Waals surface area contributed by atoms with Gasteiger partial charge in [0, 0.05) is 24.1 Å². The van der Waals surface area contributed by atoms with Gasteiger partial charge < -0.3 is 10.8 Å². The second kappa shape index (κ2) is 5.72. The molecule has 5 heteroatoms. The van der Waals surface area contributed by atoms with E-state index in [0.717, 1.165) is 10.8 Å². The van der Waals surface area contributed by atoms with E-state index in [1.807, 2.05) is 6.92 Å². The number of nitrogens with zero attached hydrogens (tertiary/aromatic N) is 1. The molecule has 1 aromatic heterocycles. The van der Waals surface area contributed by atoms with Gasteiger partial charge in [-0.1, -0.05) is 6.92 Å². The second-order valence-electron chi connectivity index (χ2n) is 3.37. The number of amidine groups is 1. The summed E-state index contributed by atoms with van der Waals surface area (Å²) in [4.78, 5) is 4.17. The van der Waals surface area contributed by atoms with E-state index < -0.39 is 0 Å². The van der Waals surface area contributed by atoms with Gasteiger partial charge in [-0.15, -0.1) is 11.8 Å². The minimum absolute atomic E-state index is 0.0299. The third kappa shape index (κ3) is 3.53. The molecule has 0 aromatic carbocycles. The fourth-order valence-electron chi connectivity index (χ4n) is 0.985. The van der Waals surface area contributed by atoms with Crippen molar-refractivity contribution in [2.45, 2.75) is 11.9 Å². The third-order valence-electron chi connectivity index (χ3n) is 1.88. The zero-order valence-corrected chi connectivity index (χ0v) is 9.42. The Morgan fingerprint density at radius 3 is 3.07 bits per heavy atom. The lowest BCUT2D eigenvalue weighted by atomic mass is 10.2. The average molecular weight is 225 g/mol. The van der Waals surface area contributed by atoms with Gasteiger partial charge in [-0.2, -0.15) is 0 Å². The van der Waals surface area contributed by atoms with Crippen LogP contribution in [0.25, 0.3) is 0 Å². The normalized spacial score (nSPS) is 12.4. The lowest BCUT2D eigenvalue weighted by Gasteiger charge is -2.09. The number of hydrogen-bond acceptors (Lipinski definition) is 4. The highest BCUT2D eigenvalue weighted by molar-refractivity contribution is 7.99. The third-order valence-corrected chi connectivity index (χ3v) is 3.21. The Hall–Kier alpha value is -1.07. The van der Waals surface area contributed by atoms with Gasteiger partial charge in [0.1, 0.15) is 10.9 Å². The molecule has 4 nitrogen and oxygen atoms in total. The minimum atomic E-state index is 0.0299. The topological polar surface area (TPSA) is 83.0 Å². The molecule has 1 atom stereocenters. The van der Waals surface area contributed by atoms with Crippen LogP contribution < -0.4 is 5.73 Å². The average Bonchev–Trinajstić information content (AvgIpc) is 2.26. The monoisotopic (exact) mass is 225 g/mol. The van der Waals surface area contributed by atoms with Crippen LogP contribution in [0.15, 0.2) is 23.4 Å². The van der Waals surface area contributed by atoms with Crippen LogP contribution in [0.2, 0.25) is 0 Å². The van der Waals surface area contributed by atoms with Gasteiger partial charge in [0.25, 0.3) is 0 Å². The smallest absolute Gasteiger partial charge is 0.125 e. The van der Waals surface area contributed by atoms with E-state index in [0.29, 0.717) is 5.56 Å². The summed E-state index contributed by atoms with van der Waals surface area (Å²) in [7, 11) is 0. The van der Waals surface area contributed by atoms with Crippen molar-refractivity contribution >= 4 is 17.6 Å².